The summed E-state index contributed by atoms with van der Waals surface area (Å²) in [7, 11) is 0. The fourth-order valence-corrected chi connectivity index (χ4v) is 4.02. The molecule has 0 amide bonds. The molecule has 2 aliphatic rings. The molecule has 25 heavy (non-hydrogen) atoms. The van der Waals surface area contributed by atoms with E-state index >= 15 is 0 Å². The molecule has 0 aromatic carbocycles. The van der Waals surface area contributed by atoms with E-state index in [4.69, 9.17) is 4.74 Å². The molecule has 134 valence electrons. The zero-order chi connectivity index (χ0) is 17.1. The van der Waals surface area contributed by atoms with Crippen molar-refractivity contribution in [3.63, 3.8) is 0 Å². The van der Waals surface area contributed by atoms with Gasteiger partial charge in [0.1, 0.15) is 11.9 Å². The van der Waals surface area contributed by atoms with Crippen LogP contribution in [-0.4, -0.2) is 46.5 Å². The topological polar surface area (TPSA) is 55.2 Å². The largest absolute Gasteiger partial charge is 0.370 e. The van der Waals surface area contributed by atoms with Crippen LogP contribution in [0.15, 0.2) is 36.7 Å². The summed E-state index contributed by atoms with van der Waals surface area (Å²) in [5, 5.41) is 8.27. The third kappa shape index (κ3) is 3.55. The van der Waals surface area contributed by atoms with Crippen molar-refractivity contribution in [3.8, 4) is 0 Å². The van der Waals surface area contributed by atoms with E-state index in [1.165, 1.54) is 5.69 Å². The molecule has 2 aromatic heterocycles. The number of piperidine rings is 1. The van der Waals surface area contributed by atoms with Crippen LogP contribution in [0.3, 0.4) is 0 Å². The molecule has 4 heterocycles. The van der Waals surface area contributed by atoms with Crippen molar-refractivity contribution in [1.29, 1.82) is 0 Å². The van der Waals surface area contributed by atoms with Crippen LogP contribution in [0.1, 0.15) is 38.0 Å². The third-order valence-corrected chi connectivity index (χ3v) is 5.35. The summed E-state index contributed by atoms with van der Waals surface area (Å²) in [6, 6.07) is 9.15. The Balaban J connectivity index is 1.35. The van der Waals surface area contributed by atoms with Gasteiger partial charge in [-0.1, -0.05) is 6.07 Å². The predicted octanol–water partition coefficient (Wildman–Crippen LogP) is 2.39. The summed E-state index contributed by atoms with van der Waals surface area (Å²) >= 11 is 0. The minimum Gasteiger partial charge on any atom is -0.370 e. The maximum atomic E-state index is 6.04. The van der Waals surface area contributed by atoms with Gasteiger partial charge in [0, 0.05) is 50.7 Å². The lowest BCUT2D eigenvalue weighted by molar-refractivity contribution is 0.0882. The van der Waals surface area contributed by atoms with Crippen molar-refractivity contribution in [3.05, 3.63) is 42.4 Å². The van der Waals surface area contributed by atoms with Crippen LogP contribution in [0.25, 0.3) is 0 Å². The highest BCUT2D eigenvalue weighted by Gasteiger charge is 2.34. The summed E-state index contributed by atoms with van der Waals surface area (Å²) < 4.78 is 8.09. The second-order valence-corrected chi connectivity index (χ2v) is 6.87. The van der Waals surface area contributed by atoms with Crippen molar-refractivity contribution in [2.45, 2.75) is 50.9 Å². The van der Waals surface area contributed by atoms with E-state index in [0.29, 0.717) is 12.1 Å². The van der Waals surface area contributed by atoms with E-state index in [1.807, 2.05) is 23.1 Å². The first-order valence-corrected chi connectivity index (χ1v) is 9.40. The molecule has 6 heteroatoms. The number of nitrogens with zero attached hydrogens (tertiary/aromatic N) is 4. The number of aryl methyl sites for hydroxylation is 1. The van der Waals surface area contributed by atoms with E-state index in [1.54, 1.807) is 0 Å². The fourth-order valence-electron chi connectivity index (χ4n) is 4.02. The Bertz CT molecular complexity index is 665. The number of pyridine rings is 1. The maximum Gasteiger partial charge on any atom is 0.128 e. The lowest BCUT2D eigenvalue weighted by Crippen LogP contribution is -2.47. The zero-order valence-corrected chi connectivity index (χ0v) is 14.8. The quantitative estimate of drug-likeness (QED) is 0.905. The zero-order valence-electron chi connectivity index (χ0n) is 14.8. The summed E-state index contributed by atoms with van der Waals surface area (Å²) in [4.78, 5) is 6.85. The highest BCUT2D eigenvalue weighted by molar-refractivity contribution is 5.38. The molecule has 1 N–H and O–H groups in total. The average Bonchev–Trinajstić information content (AvgIpc) is 3.31. The smallest absolute Gasteiger partial charge is 0.128 e. The highest BCUT2D eigenvalue weighted by atomic mass is 16.5. The Kier molecular flexibility index (Phi) is 4.99. The molecule has 2 aliphatic heterocycles. The van der Waals surface area contributed by atoms with E-state index in [2.05, 4.69) is 45.4 Å². The second-order valence-electron chi connectivity index (χ2n) is 6.87. The molecule has 2 atom stereocenters. The van der Waals surface area contributed by atoms with Crippen LogP contribution in [0.2, 0.25) is 0 Å². The molecule has 2 saturated heterocycles. The minimum absolute atomic E-state index is 0.122. The maximum absolute atomic E-state index is 6.04. The van der Waals surface area contributed by atoms with Crippen molar-refractivity contribution < 1.29 is 4.74 Å². The fraction of sp³-hybridized carbons (Fsp3) is 0.579. The number of aromatic nitrogens is 3. The highest BCUT2D eigenvalue weighted by Crippen LogP contribution is 2.30. The first-order valence-electron chi connectivity index (χ1n) is 9.40. The lowest BCUT2D eigenvalue weighted by Gasteiger charge is -2.35. The molecule has 2 fully saturated rings. The van der Waals surface area contributed by atoms with Gasteiger partial charge in [-0.25, -0.2) is 4.98 Å². The Morgan fingerprint density at radius 2 is 2.04 bits per heavy atom. The number of ether oxygens (including phenoxy) is 1. The number of hydrogen-bond acceptors (Lipinski definition) is 5. The molecular formula is C19H27N5O. The van der Waals surface area contributed by atoms with Crippen LogP contribution in [0.5, 0.6) is 0 Å². The van der Waals surface area contributed by atoms with Crippen molar-refractivity contribution >= 4 is 5.82 Å². The molecule has 0 spiro atoms. The molecular weight excluding hydrogens is 314 g/mol. The van der Waals surface area contributed by atoms with Gasteiger partial charge in [0.2, 0.25) is 0 Å². The number of hydrogen-bond donors (Lipinski definition) is 1. The van der Waals surface area contributed by atoms with Crippen molar-refractivity contribution in [2.75, 3.05) is 24.6 Å². The van der Waals surface area contributed by atoms with Gasteiger partial charge in [0.15, 0.2) is 0 Å². The number of rotatable bonds is 5. The molecule has 0 aliphatic carbocycles. The summed E-state index contributed by atoms with van der Waals surface area (Å²) in [6.07, 6.45) is 7.23. The molecule has 2 aromatic rings. The first kappa shape index (κ1) is 16.5. The monoisotopic (exact) mass is 341 g/mol. The third-order valence-electron chi connectivity index (χ3n) is 5.35. The van der Waals surface area contributed by atoms with Gasteiger partial charge in [-0.3, -0.25) is 4.68 Å². The minimum atomic E-state index is 0.122. The molecule has 0 saturated carbocycles. The van der Waals surface area contributed by atoms with Gasteiger partial charge in [0.05, 0.1) is 5.69 Å². The van der Waals surface area contributed by atoms with Gasteiger partial charge in [-0.05, 0) is 44.4 Å². The van der Waals surface area contributed by atoms with E-state index < -0.39 is 0 Å². The first-order chi connectivity index (χ1) is 12.3. The molecule has 0 radical (unpaired) electrons. The van der Waals surface area contributed by atoms with Gasteiger partial charge < -0.3 is 15.0 Å². The molecule has 0 bridgehead atoms. The molecule has 4 rings (SSSR count). The number of nitrogens with one attached hydrogen (secondary N) is 1. The van der Waals surface area contributed by atoms with E-state index in [-0.39, 0.29) is 6.10 Å². The van der Waals surface area contributed by atoms with Crippen molar-refractivity contribution in [1.82, 2.24) is 20.1 Å². The normalized spacial score (nSPS) is 24.8. The van der Waals surface area contributed by atoms with E-state index in [0.717, 1.165) is 51.3 Å². The van der Waals surface area contributed by atoms with Crippen LogP contribution in [0, 0.1) is 0 Å². The molecule has 6 nitrogen and oxygen atoms in total. The SMILES string of the molecule is CCn1nccc1[C@H]1OCC[C@@H]1NC1CCN(c2ccccn2)CC1. The van der Waals surface area contributed by atoms with Gasteiger partial charge in [-0.15, -0.1) is 0 Å². The van der Waals surface area contributed by atoms with Gasteiger partial charge in [0.25, 0.3) is 0 Å². The Labute approximate surface area is 149 Å². The predicted molar refractivity (Wildman–Crippen MR) is 97.6 cm³/mol. The van der Waals surface area contributed by atoms with Gasteiger partial charge in [-0.2, -0.15) is 5.10 Å². The summed E-state index contributed by atoms with van der Waals surface area (Å²) in [5.41, 5.74) is 1.20. The lowest BCUT2D eigenvalue weighted by atomic mass is 10.0. The van der Waals surface area contributed by atoms with Crippen LogP contribution >= 0.6 is 0 Å². The van der Waals surface area contributed by atoms with E-state index in [9.17, 15) is 0 Å². The molecule has 0 unspecified atom stereocenters. The Morgan fingerprint density at radius 3 is 2.80 bits per heavy atom. The second kappa shape index (κ2) is 7.54. The number of anilines is 1. The average molecular weight is 341 g/mol. The standard InChI is InChI=1S/C19H27N5O/c1-2-24-17(6-11-21-24)19-16(9-14-25-19)22-15-7-12-23(13-8-15)18-5-3-4-10-20-18/h3-6,10-11,15-16,19,22H,2,7-9,12-14H2,1H3/t16-,19-/m0/s1. The Morgan fingerprint density at radius 1 is 1.16 bits per heavy atom. The summed E-state index contributed by atoms with van der Waals surface area (Å²) in [6.45, 7) is 5.95. The summed E-state index contributed by atoms with van der Waals surface area (Å²) in [5.74, 6) is 1.09. The van der Waals surface area contributed by atoms with Crippen LogP contribution in [-0.2, 0) is 11.3 Å². The van der Waals surface area contributed by atoms with Gasteiger partial charge >= 0.3 is 0 Å². The Hall–Kier alpha value is -1.92. The van der Waals surface area contributed by atoms with Crippen molar-refractivity contribution in [2.24, 2.45) is 0 Å². The van der Waals surface area contributed by atoms with Crippen LogP contribution in [0.4, 0.5) is 5.82 Å². The van der Waals surface area contributed by atoms with Crippen LogP contribution < -0.4 is 10.2 Å².